The van der Waals surface area contributed by atoms with Gasteiger partial charge in [0.1, 0.15) is 0 Å². The molecule has 17 heavy (non-hydrogen) atoms. The maximum atomic E-state index is 5.60. The first kappa shape index (κ1) is 11.6. The molecule has 88 valence electrons. The van der Waals surface area contributed by atoms with Crippen LogP contribution in [0.4, 0.5) is 0 Å². The Morgan fingerprint density at radius 1 is 1.12 bits per heavy atom. The number of pyridine rings is 1. The van der Waals surface area contributed by atoms with Crippen LogP contribution < -0.4 is 9.57 Å². The first-order valence-corrected chi connectivity index (χ1v) is 5.94. The number of nitrogens with zero attached hydrogens (tertiary/aromatic N) is 1. The summed E-state index contributed by atoms with van der Waals surface area (Å²) in [6.45, 7) is 6.88. The van der Waals surface area contributed by atoms with E-state index in [9.17, 15) is 0 Å². The molecule has 0 bridgehead atoms. The SMILES string of the molecule is CCO[n+]1ccccc1-c1cc(C)ccc1C. The normalized spacial score (nSPS) is 10.3. The van der Waals surface area contributed by atoms with Crippen LogP contribution in [0.15, 0.2) is 42.6 Å². The first-order valence-electron chi connectivity index (χ1n) is 5.94. The monoisotopic (exact) mass is 228 g/mol. The molecule has 0 radical (unpaired) electrons. The average molecular weight is 228 g/mol. The number of hydrogen-bond donors (Lipinski definition) is 0. The van der Waals surface area contributed by atoms with E-state index in [1.807, 2.05) is 30.0 Å². The Morgan fingerprint density at radius 2 is 1.94 bits per heavy atom. The van der Waals surface area contributed by atoms with Gasteiger partial charge in [0.2, 0.25) is 6.20 Å². The zero-order chi connectivity index (χ0) is 12.3. The molecule has 0 aliphatic carbocycles. The summed E-state index contributed by atoms with van der Waals surface area (Å²) >= 11 is 0. The Hall–Kier alpha value is -1.83. The topological polar surface area (TPSA) is 13.1 Å². The number of aryl methyl sites for hydroxylation is 2. The highest BCUT2D eigenvalue weighted by atomic mass is 16.7. The largest absolute Gasteiger partial charge is 0.271 e. The second-order valence-electron chi connectivity index (χ2n) is 4.15. The second-order valence-corrected chi connectivity index (χ2v) is 4.15. The summed E-state index contributed by atoms with van der Waals surface area (Å²) in [5.41, 5.74) is 4.84. The van der Waals surface area contributed by atoms with Crippen molar-refractivity contribution in [3.63, 3.8) is 0 Å². The van der Waals surface area contributed by atoms with Gasteiger partial charge >= 0.3 is 0 Å². The van der Waals surface area contributed by atoms with Gasteiger partial charge < -0.3 is 0 Å². The summed E-state index contributed by atoms with van der Waals surface area (Å²) < 4.78 is 1.84. The minimum Gasteiger partial charge on any atom is -0.271 e. The van der Waals surface area contributed by atoms with Crippen LogP contribution in [-0.2, 0) is 0 Å². The van der Waals surface area contributed by atoms with E-state index in [0.29, 0.717) is 6.61 Å². The lowest BCUT2D eigenvalue weighted by atomic mass is 10.0. The third kappa shape index (κ3) is 2.47. The molecule has 2 rings (SSSR count). The van der Waals surface area contributed by atoms with E-state index in [1.165, 1.54) is 16.7 Å². The Morgan fingerprint density at radius 3 is 2.71 bits per heavy atom. The van der Waals surface area contributed by atoms with Crippen molar-refractivity contribution < 1.29 is 9.57 Å². The maximum Gasteiger partial charge on any atom is 0.264 e. The van der Waals surface area contributed by atoms with E-state index < -0.39 is 0 Å². The minimum absolute atomic E-state index is 0.659. The molecule has 2 aromatic rings. The van der Waals surface area contributed by atoms with E-state index in [-0.39, 0.29) is 0 Å². The fourth-order valence-electron chi connectivity index (χ4n) is 1.90. The van der Waals surface area contributed by atoms with E-state index in [2.05, 4.69) is 38.1 Å². The van der Waals surface area contributed by atoms with Gasteiger partial charge in [0.05, 0.1) is 5.56 Å². The molecule has 0 aliphatic rings. The number of benzene rings is 1. The fraction of sp³-hybridized carbons (Fsp3) is 0.267. The first-order chi connectivity index (χ1) is 8.22. The fourth-order valence-corrected chi connectivity index (χ4v) is 1.90. The van der Waals surface area contributed by atoms with Crippen LogP contribution in [0.1, 0.15) is 18.1 Å². The van der Waals surface area contributed by atoms with Gasteiger partial charge in [-0.1, -0.05) is 17.7 Å². The number of hydrogen-bond acceptors (Lipinski definition) is 1. The van der Waals surface area contributed by atoms with Gasteiger partial charge in [0.15, 0.2) is 6.61 Å². The highest BCUT2D eigenvalue weighted by molar-refractivity contribution is 5.61. The van der Waals surface area contributed by atoms with E-state index in [4.69, 9.17) is 4.84 Å². The Kier molecular flexibility index (Phi) is 3.43. The zero-order valence-corrected chi connectivity index (χ0v) is 10.6. The molecule has 0 fully saturated rings. The quantitative estimate of drug-likeness (QED) is 0.736. The van der Waals surface area contributed by atoms with Gasteiger partial charge in [-0.2, -0.15) is 0 Å². The van der Waals surface area contributed by atoms with Gasteiger partial charge in [0, 0.05) is 16.9 Å². The van der Waals surface area contributed by atoms with Gasteiger partial charge in [-0.3, -0.25) is 4.84 Å². The van der Waals surface area contributed by atoms with Crippen LogP contribution in [0.2, 0.25) is 0 Å². The maximum absolute atomic E-state index is 5.60. The summed E-state index contributed by atoms with van der Waals surface area (Å²) in [6.07, 6.45) is 1.95. The van der Waals surface area contributed by atoms with Crippen LogP contribution in [0, 0.1) is 13.8 Å². The van der Waals surface area contributed by atoms with Crippen LogP contribution in [0.5, 0.6) is 0 Å². The van der Waals surface area contributed by atoms with Crippen molar-refractivity contribution in [3.8, 4) is 11.3 Å². The zero-order valence-electron chi connectivity index (χ0n) is 10.6. The predicted octanol–water partition coefficient (Wildman–Crippen LogP) is 2.71. The van der Waals surface area contributed by atoms with Crippen molar-refractivity contribution in [2.24, 2.45) is 0 Å². The van der Waals surface area contributed by atoms with Crippen molar-refractivity contribution in [2.75, 3.05) is 6.61 Å². The van der Waals surface area contributed by atoms with Crippen molar-refractivity contribution in [2.45, 2.75) is 20.8 Å². The van der Waals surface area contributed by atoms with Gasteiger partial charge in [0.25, 0.3) is 5.69 Å². The third-order valence-electron chi connectivity index (χ3n) is 2.76. The van der Waals surface area contributed by atoms with E-state index in [0.717, 1.165) is 5.69 Å². The number of aromatic nitrogens is 1. The molecule has 0 aliphatic heterocycles. The van der Waals surface area contributed by atoms with E-state index >= 15 is 0 Å². The molecule has 2 heteroatoms. The summed E-state index contributed by atoms with van der Waals surface area (Å²) in [5, 5.41) is 0. The molecule has 0 amide bonds. The molecule has 0 unspecified atom stereocenters. The van der Waals surface area contributed by atoms with Crippen molar-refractivity contribution >= 4 is 0 Å². The molecule has 0 saturated heterocycles. The smallest absolute Gasteiger partial charge is 0.264 e. The summed E-state index contributed by atoms with van der Waals surface area (Å²) in [6, 6.07) is 12.6. The van der Waals surface area contributed by atoms with Crippen LogP contribution in [-0.4, -0.2) is 6.61 Å². The van der Waals surface area contributed by atoms with Crippen LogP contribution in [0.25, 0.3) is 11.3 Å². The van der Waals surface area contributed by atoms with Crippen LogP contribution in [0.3, 0.4) is 0 Å². The lowest BCUT2D eigenvalue weighted by Crippen LogP contribution is -2.44. The highest BCUT2D eigenvalue weighted by Gasteiger charge is 2.15. The minimum atomic E-state index is 0.659. The molecular formula is C15H18NO+. The van der Waals surface area contributed by atoms with E-state index in [1.54, 1.807) is 0 Å². The highest BCUT2D eigenvalue weighted by Crippen LogP contribution is 2.21. The Labute approximate surface area is 102 Å². The van der Waals surface area contributed by atoms with Gasteiger partial charge in [-0.25, -0.2) is 0 Å². The molecule has 1 aromatic carbocycles. The average Bonchev–Trinajstić information content (AvgIpc) is 2.34. The van der Waals surface area contributed by atoms with Crippen molar-refractivity contribution in [1.29, 1.82) is 0 Å². The molecular weight excluding hydrogens is 210 g/mol. The lowest BCUT2D eigenvalue weighted by Gasteiger charge is -2.05. The van der Waals surface area contributed by atoms with Crippen molar-refractivity contribution in [3.05, 3.63) is 53.7 Å². The number of rotatable bonds is 3. The molecule has 1 aromatic heterocycles. The molecule has 0 atom stereocenters. The Balaban J connectivity index is 2.55. The summed E-state index contributed by atoms with van der Waals surface area (Å²) in [5.74, 6) is 0. The summed E-state index contributed by atoms with van der Waals surface area (Å²) in [4.78, 5) is 5.60. The Bertz CT molecular complexity index is 520. The molecule has 1 heterocycles. The lowest BCUT2D eigenvalue weighted by molar-refractivity contribution is -0.882. The third-order valence-corrected chi connectivity index (χ3v) is 2.76. The molecule has 0 spiro atoms. The van der Waals surface area contributed by atoms with Gasteiger partial charge in [-0.05, 0) is 38.5 Å². The second kappa shape index (κ2) is 5.00. The summed E-state index contributed by atoms with van der Waals surface area (Å²) in [7, 11) is 0. The molecule has 2 nitrogen and oxygen atoms in total. The molecule has 0 saturated carbocycles. The predicted molar refractivity (Wildman–Crippen MR) is 68.7 cm³/mol. The standard InChI is InChI=1S/C15H18NO/c1-4-17-16-10-6-5-7-15(16)14-11-12(2)8-9-13(14)3/h5-11H,4H2,1-3H3/q+1. The molecule has 0 N–H and O–H groups in total. The van der Waals surface area contributed by atoms with Gasteiger partial charge in [-0.15, -0.1) is 0 Å². The van der Waals surface area contributed by atoms with Crippen molar-refractivity contribution in [1.82, 2.24) is 0 Å². The van der Waals surface area contributed by atoms with Crippen LogP contribution >= 0.6 is 0 Å².